The summed E-state index contributed by atoms with van der Waals surface area (Å²) < 4.78 is 52.2. The van der Waals surface area contributed by atoms with E-state index in [1.165, 1.54) is 0 Å². The molecule has 0 radical (unpaired) electrons. The van der Waals surface area contributed by atoms with E-state index in [2.05, 4.69) is 0 Å². The molecule has 0 aromatic heterocycles. The first-order valence-corrected chi connectivity index (χ1v) is 6.13. The van der Waals surface area contributed by atoms with E-state index in [4.69, 9.17) is 13.3 Å². The molecule has 0 aromatic rings. The van der Waals surface area contributed by atoms with E-state index >= 15 is 0 Å². The van der Waals surface area contributed by atoms with Crippen molar-refractivity contribution in [3.8, 4) is 0 Å². The van der Waals surface area contributed by atoms with Gasteiger partial charge in [0.1, 0.15) is 5.60 Å². The Balaban J connectivity index is 4.37. The Bertz CT molecular complexity index is 178. The lowest BCUT2D eigenvalue weighted by molar-refractivity contribution is -0.244. The van der Waals surface area contributed by atoms with Gasteiger partial charge in [-0.25, -0.2) is 0 Å². The van der Waals surface area contributed by atoms with Gasteiger partial charge in [0.05, 0.1) is 0 Å². The Morgan fingerprint density at radius 1 is 1.00 bits per heavy atom. The zero-order chi connectivity index (χ0) is 12.1. The van der Waals surface area contributed by atoms with Crippen LogP contribution in [0, 0.1) is 0 Å². The van der Waals surface area contributed by atoms with Gasteiger partial charge in [-0.1, -0.05) is 0 Å². The smallest absolute Gasteiger partial charge is 0.376 e. The van der Waals surface area contributed by atoms with E-state index < -0.39 is 21.3 Å². The molecule has 0 saturated heterocycles. The van der Waals surface area contributed by atoms with Crippen LogP contribution in [0.4, 0.5) is 13.2 Å². The van der Waals surface area contributed by atoms with Crippen LogP contribution in [0.1, 0.15) is 27.7 Å². The summed E-state index contributed by atoms with van der Waals surface area (Å²) >= 11 is 0. The van der Waals surface area contributed by atoms with Crippen molar-refractivity contribution < 1.29 is 26.4 Å². The Morgan fingerprint density at radius 3 is 1.67 bits per heavy atom. The molecule has 3 nitrogen and oxygen atoms in total. The molecule has 0 amide bonds. The first-order valence-electron chi connectivity index (χ1n) is 4.72. The molecule has 0 aliphatic heterocycles. The highest BCUT2D eigenvalue weighted by atomic mass is 28.3. The minimum Gasteiger partial charge on any atom is -0.376 e. The van der Waals surface area contributed by atoms with Crippen molar-refractivity contribution in [1.82, 2.24) is 0 Å². The van der Waals surface area contributed by atoms with Crippen LogP contribution in [-0.2, 0) is 13.3 Å². The number of halogens is 3. The second kappa shape index (κ2) is 5.83. The fraction of sp³-hybridized carbons (Fsp3) is 1.00. The van der Waals surface area contributed by atoms with Gasteiger partial charge in [-0.15, -0.1) is 0 Å². The van der Waals surface area contributed by atoms with Gasteiger partial charge in [0.2, 0.25) is 0 Å². The lowest BCUT2D eigenvalue weighted by atomic mass is 10.1. The molecule has 0 heterocycles. The SMILES string of the molecule is CCO[SiH](OCC)OC(C)(C)C(F)(F)F. The lowest BCUT2D eigenvalue weighted by Gasteiger charge is -2.31. The predicted molar refractivity (Wildman–Crippen MR) is 51.6 cm³/mol. The van der Waals surface area contributed by atoms with Crippen LogP contribution in [0.5, 0.6) is 0 Å². The first kappa shape index (κ1) is 14.9. The van der Waals surface area contributed by atoms with Crippen molar-refractivity contribution in [2.45, 2.75) is 39.5 Å². The van der Waals surface area contributed by atoms with Crippen molar-refractivity contribution >= 4 is 9.53 Å². The molecular formula is C8H17F3O3Si. The summed E-state index contributed by atoms with van der Waals surface area (Å²) in [4.78, 5) is 0. The molecule has 0 unspecified atom stereocenters. The average Bonchev–Trinajstić information content (AvgIpc) is 2.02. The summed E-state index contributed by atoms with van der Waals surface area (Å²) in [5, 5.41) is 0. The van der Waals surface area contributed by atoms with Gasteiger partial charge in [-0.05, 0) is 27.7 Å². The monoisotopic (exact) mass is 246 g/mol. The zero-order valence-corrected chi connectivity index (χ0v) is 10.5. The molecule has 0 N–H and O–H groups in total. The van der Waals surface area contributed by atoms with Gasteiger partial charge in [0.25, 0.3) is 0 Å². The molecule has 92 valence electrons. The summed E-state index contributed by atoms with van der Waals surface area (Å²) in [6.45, 7) is 5.86. The molecule has 0 aromatic carbocycles. The topological polar surface area (TPSA) is 27.7 Å². The standard InChI is InChI=1S/C8H17F3O3Si/c1-5-12-15(13-6-2)14-7(3,4)8(9,10)11/h15H,5-6H2,1-4H3. The summed E-state index contributed by atoms with van der Waals surface area (Å²) in [6, 6.07) is 0. The van der Waals surface area contributed by atoms with Crippen LogP contribution in [-0.4, -0.2) is 34.5 Å². The van der Waals surface area contributed by atoms with Crippen molar-refractivity contribution in [2.75, 3.05) is 13.2 Å². The molecule has 0 aliphatic carbocycles. The van der Waals surface area contributed by atoms with E-state index in [0.717, 1.165) is 13.8 Å². The quantitative estimate of drug-likeness (QED) is 0.672. The molecule has 0 rings (SSSR count). The van der Waals surface area contributed by atoms with Crippen LogP contribution in [0.25, 0.3) is 0 Å². The zero-order valence-electron chi connectivity index (χ0n) is 9.35. The minimum absolute atomic E-state index is 0.283. The first-order chi connectivity index (χ1) is 6.74. The Morgan fingerprint density at radius 2 is 1.40 bits per heavy atom. The maximum atomic E-state index is 12.5. The molecule has 0 aliphatic rings. The summed E-state index contributed by atoms with van der Waals surface area (Å²) in [5.74, 6) is 0. The molecule has 0 saturated carbocycles. The fourth-order valence-corrected chi connectivity index (χ4v) is 2.09. The van der Waals surface area contributed by atoms with E-state index in [-0.39, 0.29) is 13.2 Å². The average molecular weight is 246 g/mol. The molecule has 0 bridgehead atoms. The van der Waals surface area contributed by atoms with Crippen molar-refractivity contribution in [2.24, 2.45) is 0 Å². The van der Waals surface area contributed by atoms with Crippen molar-refractivity contribution in [1.29, 1.82) is 0 Å². The molecule has 0 spiro atoms. The van der Waals surface area contributed by atoms with E-state index in [0.29, 0.717) is 0 Å². The van der Waals surface area contributed by atoms with Gasteiger partial charge < -0.3 is 13.3 Å². The highest BCUT2D eigenvalue weighted by Gasteiger charge is 2.50. The second-order valence-corrected chi connectivity index (χ2v) is 4.80. The Hall–Kier alpha value is -0.113. The maximum absolute atomic E-state index is 12.5. The van der Waals surface area contributed by atoms with Gasteiger partial charge in [0.15, 0.2) is 0 Å². The normalized spacial score (nSPS) is 13.6. The van der Waals surface area contributed by atoms with Gasteiger partial charge >= 0.3 is 15.7 Å². The predicted octanol–water partition coefficient (Wildman–Crippen LogP) is 2.13. The number of rotatable bonds is 6. The van der Waals surface area contributed by atoms with Crippen molar-refractivity contribution in [3.63, 3.8) is 0 Å². The van der Waals surface area contributed by atoms with Crippen LogP contribution >= 0.6 is 0 Å². The lowest BCUT2D eigenvalue weighted by Crippen LogP contribution is -2.47. The molecule has 7 heteroatoms. The third-order valence-electron chi connectivity index (χ3n) is 1.68. The third kappa shape index (κ3) is 4.96. The van der Waals surface area contributed by atoms with Gasteiger partial charge in [0, 0.05) is 13.2 Å². The maximum Gasteiger partial charge on any atom is 0.484 e. The highest BCUT2D eigenvalue weighted by Crippen LogP contribution is 2.33. The third-order valence-corrected chi connectivity index (χ3v) is 3.67. The van der Waals surface area contributed by atoms with Crippen LogP contribution in [0.15, 0.2) is 0 Å². The van der Waals surface area contributed by atoms with Crippen LogP contribution in [0.3, 0.4) is 0 Å². The van der Waals surface area contributed by atoms with E-state index in [9.17, 15) is 13.2 Å². The Kier molecular flexibility index (Phi) is 5.79. The van der Waals surface area contributed by atoms with Crippen LogP contribution < -0.4 is 0 Å². The number of alkyl halides is 3. The summed E-state index contributed by atoms with van der Waals surface area (Å²) in [5.41, 5.74) is -2.23. The summed E-state index contributed by atoms with van der Waals surface area (Å²) in [6.07, 6.45) is -4.42. The fourth-order valence-electron chi connectivity index (χ4n) is 0.696. The largest absolute Gasteiger partial charge is 0.484 e. The number of hydrogen-bond donors (Lipinski definition) is 0. The second-order valence-electron chi connectivity index (χ2n) is 3.33. The minimum atomic E-state index is -4.42. The number of hydrogen-bond acceptors (Lipinski definition) is 3. The van der Waals surface area contributed by atoms with Gasteiger partial charge in [-0.3, -0.25) is 0 Å². The van der Waals surface area contributed by atoms with E-state index in [1.807, 2.05) is 0 Å². The van der Waals surface area contributed by atoms with Crippen LogP contribution in [0.2, 0.25) is 0 Å². The Labute approximate surface area is 89.5 Å². The van der Waals surface area contributed by atoms with E-state index in [1.54, 1.807) is 13.8 Å². The molecule has 15 heavy (non-hydrogen) atoms. The summed E-state index contributed by atoms with van der Waals surface area (Å²) in [7, 11) is -2.68. The van der Waals surface area contributed by atoms with Crippen molar-refractivity contribution in [3.05, 3.63) is 0 Å². The highest BCUT2D eigenvalue weighted by molar-refractivity contribution is 6.36. The van der Waals surface area contributed by atoms with Gasteiger partial charge in [-0.2, -0.15) is 13.2 Å². The molecule has 0 atom stereocenters. The molecule has 0 fully saturated rings. The molecular weight excluding hydrogens is 229 g/mol.